The van der Waals surface area contributed by atoms with Gasteiger partial charge < -0.3 is 10.6 Å². The number of rotatable bonds is 7. The molecule has 2 aromatic rings. The fourth-order valence-corrected chi connectivity index (χ4v) is 4.21. The number of carbonyl (C=O) groups is 2. The Hall–Kier alpha value is -2.13. The maximum Gasteiger partial charge on any atom is 0.313 e. The lowest BCUT2D eigenvalue weighted by atomic mass is 10.1. The molecule has 0 saturated carbocycles. The summed E-state index contributed by atoms with van der Waals surface area (Å²) in [5.41, 5.74) is 1.13. The first-order valence-corrected chi connectivity index (χ1v) is 11.0. The number of nitrogens with one attached hydrogen (secondary N) is 3. The van der Waals surface area contributed by atoms with Crippen molar-refractivity contribution in [3.8, 4) is 0 Å². The van der Waals surface area contributed by atoms with Crippen molar-refractivity contribution in [1.82, 2.24) is 10.0 Å². The van der Waals surface area contributed by atoms with E-state index in [1.807, 2.05) is 0 Å². The molecule has 0 aliphatic rings. The smallest absolute Gasteiger partial charge is 0.313 e. The third-order valence-corrected chi connectivity index (χ3v) is 5.76. The molecule has 0 radical (unpaired) electrons. The highest BCUT2D eigenvalue weighted by Gasteiger charge is 2.16. The number of amides is 2. The van der Waals surface area contributed by atoms with Crippen molar-refractivity contribution in [3.05, 3.63) is 58.1 Å². The quantitative estimate of drug-likeness (QED) is 0.555. The monoisotopic (exact) mass is 457 g/mol. The second-order valence-electron chi connectivity index (χ2n) is 6.54. The summed E-state index contributed by atoms with van der Waals surface area (Å²) in [6.45, 7) is 3.69. The molecule has 2 aromatic carbocycles. The summed E-state index contributed by atoms with van der Waals surface area (Å²) in [5, 5.41) is 5.59. The number of hydrogen-bond acceptors (Lipinski definition) is 4. The molecule has 0 fully saturated rings. The minimum Gasteiger partial charge on any atom is -0.347 e. The van der Waals surface area contributed by atoms with Crippen molar-refractivity contribution in [2.24, 2.45) is 0 Å². The first-order chi connectivity index (χ1) is 13.6. The van der Waals surface area contributed by atoms with Gasteiger partial charge in [-0.05, 0) is 56.2 Å². The fraction of sp³-hybridized carbons (Fsp3) is 0.263. The fourth-order valence-electron chi connectivity index (χ4n) is 2.43. The van der Waals surface area contributed by atoms with E-state index >= 15 is 0 Å². The van der Waals surface area contributed by atoms with E-state index < -0.39 is 21.8 Å². The van der Waals surface area contributed by atoms with Gasteiger partial charge in [-0.1, -0.05) is 35.3 Å². The van der Waals surface area contributed by atoms with E-state index in [1.54, 1.807) is 26.0 Å². The van der Waals surface area contributed by atoms with E-state index in [9.17, 15) is 18.0 Å². The third-order valence-electron chi connectivity index (χ3n) is 3.65. The van der Waals surface area contributed by atoms with Crippen molar-refractivity contribution in [2.45, 2.75) is 31.2 Å². The Kier molecular flexibility index (Phi) is 8.04. The van der Waals surface area contributed by atoms with Crippen LogP contribution in [0, 0.1) is 0 Å². The van der Waals surface area contributed by atoms with Crippen LogP contribution in [0.5, 0.6) is 0 Å². The van der Waals surface area contributed by atoms with Crippen LogP contribution in [-0.4, -0.2) is 32.8 Å². The summed E-state index contributed by atoms with van der Waals surface area (Å²) in [6, 6.07) is 10.6. The van der Waals surface area contributed by atoms with Crippen LogP contribution in [0.15, 0.2) is 47.4 Å². The van der Waals surface area contributed by atoms with Crippen LogP contribution in [0.4, 0.5) is 5.69 Å². The van der Waals surface area contributed by atoms with Crippen molar-refractivity contribution >= 4 is 50.7 Å². The lowest BCUT2D eigenvalue weighted by Crippen LogP contribution is -2.36. The highest BCUT2D eigenvalue weighted by atomic mass is 35.5. The van der Waals surface area contributed by atoms with Crippen molar-refractivity contribution in [2.75, 3.05) is 11.9 Å². The third kappa shape index (κ3) is 7.32. The van der Waals surface area contributed by atoms with Crippen LogP contribution >= 0.6 is 23.2 Å². The van der Waals surface area contributed by atoms with Gasteiger partial charge in [-0.2, -0.15) is 0 Å². The Labute approximate surface area is 179 Å². The molecule has 156 valence electrons. The molecule has 0 aliphatic carbocycles. The molecule has 0 spiro atoms. The van der Waals surface area contributed by atoms with Crippen LogP contribution in [0.1, 0.15) is 19.4 Å². The molecular formula is C19H21Cl2N3O4S. The van der Waals surface area contributed by atoms with Gasteiger partial charge in [0, 0.05) is 28.3 Å². The van der Waals surface area contributed by atoms with Crippen LogP contribution < -0.4 is 15.4 Å². The van der Waals surface area contributed by atoms with Gasteiger partial charge in [-0.25, -0.2) is 13.1 Å². The Morgan fingerprint density at radius 2 is 1.55 bits per heavy atom. The van der Waals surface area contributed by atoms with Gasteiger partial charge in [-0.15, -0.1) is 0 Å². The van der Waals surface area contributed by atoms with Gasteiger partial charge in [-0.3, -0.25) is 9.59 Å². The van der Waals surface area contributed by atoms with E-state index in [0.29, 0.717) is 22.2 Å². The lowest BCUT2D eigenvalue weighted by Gasteiger charge is -2.10. The summed E-state index contributed by atoms with van der Waals surface area (Å²) in [7, 11) is -3.55. The van der Waals surface area contributed by atoms with Crippen LogP contribution in [0.2, 0.25) is 10.0 Å². The molecular weight excluding hydrogens is 437 g/mol. The molecule has 0 atom stereocenters. The number of halogens is 2. The summed E-state index contributed by atoms with van der Waals surface area (Å²) in [5.74, 6) is -1.65. The van der Waals surface area contributed by atoms with E-state index in [4.69, 9.17) is 23.2 Å². The minimum atomic E-state index is -3.55. The van der Waals surface area contributed by atoms with Crippen molar-refractivity contribution in [1.29, 1.82) is 0 Å². The standard InChI is InChI=1S/C19H21Cl2N3O4S/c1-12(2)24-29(27,28)17-5-3-13(4-6-17)7-8-22-18(25)19(26)23-16-10-14(20)9-15(21)11-16/h3-6,9-12,24H,7-8H2,1-2H3,(H,22,25)(H,23,26). The lowest BCUT2D eigenvalue weighted by molar-refractivity contribution is -0.136. The van der Waals surface area contributed by atoms with Gasteiger partial charge >= 0.3 is 11.8 Å². The van der Waals surface area contributed by atoms with Gasteiger partial charge in [0.25, 0.3) is 0 Å². The number of hydrogen-bond donors (Lipinski definition) is 3. The molecule has 3 N–H and O–H groups in total. The molecule has 0 bridgehead atoms. The van der Waals surface area contributed by atoms with Crippen LogP contribution in [0.25, 0.3) is 0 Å². The molecule has 2 amide bonds. The SMILES string of the molecule is CC(C)NS(=O)(=O)c1ccc(CCNC(=O)C(=O)Nc2cc(Cl)cc(Cl)c2)cc1. The van der Waals surface area contributed by atoms with Crippen molar-refractivity contribution in [3.63, 3.8) is 0 Å². The highest BCUT2D eigenvalue weighted by Crippen LogP contribution is 2.22. The zero-order chi connectivity index (χ0) is 21.6. The number of carbonyl (C=O) groups excluding carboxylic acids is 2. The predicted octanol–water partition coefficient (Wildman–Crippen LogP) is 2.98. The average molecular weight is 458 g/mol. The zero-order valence-electron chi connectivity index (χ0n) is 15.8. The topological polar surface area (TPSA) is 104 Å². The summed E-state index contributed by atoms with van der Waals surface area (Å²) < 4.78 is 26.7. The number of anilines is 1. The highest BCUT2D eigenvalue weighted by molar-refractivity contribution is 7.89. The molecule has 0 aromatic heterocycles. The molecule has 2 rings (SSSR count). The van der Waals surface area contributed by atoms with Gasteiger partial charge in [0.1, 0.15) is 0 Å². The normalized spacial score (nSPS) is 11.3. The van der Waals surface area contributed by atoms with Crippen LogP contribution in [-0.2, 0) is 26.0 Å². The molecule has 0 unspecified atom stereocenters. The van der Waals surface area contributed by atoms with Gasteiger partial charge in [0.05, 0.1) is 4.90 Å². The molecule has 29 heavy (non-hydrogen) atoms. The van der Waals surface area contributed by atoms with E-state index in [2.05, 4.69) is 15.4 Å². The Morgan fingerprint density at radius 3 is 2.10 bits per heavy atom. The largest absolute Gasteiger partial charge is 0.347 e. The molecule has 0 heterocycles. The van der Waals surface area contributed by atoms with Gasteiger partial charge in [0.2, 0.25) is 10.0 Å². The summed E-state index contributed by atoms with van der Waals surface area (Å²) >= 11 is 11.7. The maximum absolute atomic E-state index is 12.1. The summed E-state index contributed by atoms with van der Waals surface area (Å²) in [6.07, 6.45) is 0.431. The second-order valence-corrected chi connectivity index (χ2v) is 9.12. The number of benzene rings is 2. The minimum absolute atomic E-state index is 0.165. The first-order valence-electron chi connectivity index (χ1n) is 8.73. The number of sulfonamides is 1. The molecule has 0 saturated heterocycles. The average Bonchev–Trinajstić information content (AvgIpc) is 2.60. The zero-order valence-corrected chi connectivity index (χ0v) is 18.2. The molecule has 10 heteroatoms. The Bertz CT molecular complexity index is 973. The Morgan fingerprint density at radius 1 is 0.966 bits per heavy atom. The second kappa shape index (κ2) is 10.1. The van der Waals surface area contributed by atoms with E-state index in [0.717, 1.165) is 5.56 Å². The predicted molar refractivity (Wildman–Crippen MR) is 114 cm³/mol. The van der Waals surface area contributed by atoms with E-state index in [1.165, 1.54) is 30.3 Å². The Balaban J connectivity index is 1.86. The molecule has 7 nitrogen and oxygen atoms in total. The maximum atomic E-state index is 12.1. The first kappa shape index (κ1) is 23.2. The van der Waals surface area contributed by atoms with Crippen LogP contribution in [0.3, 0.4) is 0 Å². The summed E-state index contributed by atoms with van der Waals surface area (Å²) in [4.78, 5) is 24.0. The van der Waals surface area contributed by atoms with E-state index in [-0.39, 0.29) is 17.5 Å². The molecule has 0 aliphatic heterocycles. The van der Waals surface area contributed by atoms with Crippen molar-refractivity contribution < 1.29 is 18.0 Å². The van der Waals surface area contributed by atoms with Gasteiger partial charge in [0.15, 0.2) is 0 Å².